The molecule has 1 unspecified atom stereocenters. The Hall–Kier alpha value is -2.04. The molecule has 1 saturated heterocycles. The number of fused-ring (bicyclic) bond motifs is 1. The van der Waals surface area contributed by atoms with Crippen LogP contribution in [-0.4, -0.2) is 53.7 Å². The van der Waals surface area contributed by atoms with Gasteiger partial charge >= 0.3 is 0 Å². The minimum absolute atomic E-state index is 0.162. The number of nitrogens with zero attached hydrogens (tertiary/aromatic N) is 2. The van der Waals surface area contributed by atoms with Crippen LogP contribution in [0.15, 0.2) is 34.9 Å². The first-order valence-electron chi connectivity index (χ1n) is 14.9. The van der Waals surface area contributed by atoms with Crippen molar-refractivity contribution >= 4 is 0 Å². The van der Waals surface area contributed by atoms with Gasteiger partial charge in [-0.05, 0) is 118 Å². The fraction of sp³-hybridized carbons (Fsp3) is 0.647. The summed E-state index contributed by atoms with van der Waals surface area (Å²) in [5.74, 6) is 1.51. The third kappa shape index (κ3) is 8.48. The van der Waals surface area contributed by atoms with E-state index < -0.39 is 0 Å². The maximum atomic E-state index is 11.1. The molecule has 38 heavy (non-hydrogen) atoms. The van der Waals surface area contributed by atoms with Crippen molar-refractivity contribution < 1.29 is 9.84 Å². The molecule has 1 fully saturated rings. The Kier molecular flexibility index (Phi) is 11.1. The van der Waals surface area contributed by atoms with Gasteiger partial charge in [0, 0.05) is 43.9 Å². The summed E-state index contributed by atoms with van der Waals surface area (Å²) in [6, 6.07) is 0. The normalized spacial score (nSPS) is 21.3. The lowest BCUT2D eigenvalue weighted by Gasteiger charge is -2.39. The lowest BCUT2D eigenvalue weighted by molar-refractivity contribution is 0.0552. The number of phenolic OH excluding ortho intramolecular Hbond substituents is 1. The van der Waals surface area contributed by atoms with E-state index >= 15 is 0 Å². The van der Waals surface area contributed by atoms with E-state index in [0.29, 0.717) is 5.75 Å². The molecule has 1 N–H and O–H groups in total. The number of piperazine rings is 1. The second-order valence-corrected chi connectivity index (χ2v) is 12.5. The molecule has 1 atom stereocenters. The summed E-state index contributed by atoms with van der Waals surface area (Å²) in [5.41, 5.74) is 8.62. The maximum absolute atomic E-state index is 11.1. The molecule has 2 heterocycles. The number of ether oxygens (including phenoxy) is 1. The number of phenols is 1. The zero-order valence-electron chi connectivity index (χ0n) is 25.7. The highest BCUT2D eigenvalue weighted by Crippen LogP contribution is 2.45. The minimum Gasteiger partial charge on any atom is -0.507 e. The van der Waals surface area contributed by atoms with E-state index in [1.807, 2.05) is 6.92 Å². The van der Waals surface area contributed by atoms with Crippen molar-refractivity contribution in [3.05, 3.63) is 57.2 Å². The zero-order valence-corrected chi connectivity index (χ0v) is 25.7. The van der Waals surface area contributed by atoms with Gasteiger partial charge in [0.1, 0.15) is 17.1 Å². The maximum Gasteiger partial charge on any atom is 0.127 e. The molecule has 0 aromatic heterocycles. The SMILES string of the molecule is CC(C)=CCC/C(C)=C\CC/C(C)=C\CCC1(C)CCc2c(CN3CCN(C)CC3)c(O)c(C)c(C)c2O1. The molecule has 0 bridgehead atoms. The van der Waals surface area contributed by atoms with Gasteiger partial charge in [-0.3, -0.25) is 4.90 Å². The van der Waals surface area contributed by atoms with Crippen LogP contribution in [0.2, 0.25) is 0 Å². The highest BCUT2D eigenvalue weighted by Gasteiger charge is 2.35. The Balaban J connectivity index is 1.59. The molecular formula is C34H54N2O2. The number of aromatic hydroxyl groups is 1. The third-order valence-electron chi connectivity index (χ3n) is 8.70. The van der Waals surface area contributed by atoms with Gasteiger partial charge in [0.2, 0.25) is 0 Å². The lowest BCUT2D eigenvalue weighted by Crippen LogP contribution is -2.44. The van der Waals surface area contributed by atoms with Crippen molar-refractivity contribution in [2.24, 2.45) is 0 Å². The van der Waals surface area contributed by atoms with Gasteiger partial charge in [-0.15, -0.1) is 0 Å². The number of hydrogen-bond donors (Lipinski definition) is 1. The topological polar surface area (TPSA) is 35.9 Å². The Morgan fingerprint density at radius 3 is 2.13 bits per heavy atom. The van der Waals surface area contributed by atoms with Crippen LogP contribution in [0.4, 0.5) is 0 Å². The molecule has 4 heteroatoms. The Morgan fingerprint density at radius 1 is 0.895 bits per heavy atom. The highest BCUT2D eigenvalue weighted by atomic mass is 16.5. The molecule has 1 aromatic rings. The van der Waals surface area contributed by atoms with E-state index in [4.69, 9.17) is 4.74 Å². The van der Waals surface area contributed by atoms with Crippen LogP contribution in [0.25, 0.3) is 0 Å². The molecule has 2 aliphatic heterocycles. The minimum atomic E-state index is -0.162. The first-order chi connectivity index (χ1) is 18.0. The van der Waals surface area contributed by atoms with Crippen LogP contribution in [0.5, 0.6) is 11.5 Å². The first kappa shape index (κ1) is 30.5. The second kappa shape index (κ2) is 13.8. The molecular weight excluding hydrogens is 468 g/mol. The lowest BCUT2D eigenvalue weighted by atomic mass is 9.84. The third-order valence-corrected chi connectivity index (χ3v) is 8.70. The van der Waals surface area contributed by atoms with Crippen molar-refractivity contribution in [2.75, 3.05) is 33.2 Å². The van der Waals surface area contributed by atoms with E-state index in [2.05, 4.69) is 76.6 Å². The predicted molar refractivity (Wildman–Crippen MR) is 162 cm³/mol. The molecule has 0 spiro atoms. The Labute approximate surface area is 233 Å². The van der Waals surface area contributed by atoms with Crippen molar-refractivity contribution in [1.82, 2.24) is 9.80 Å². The monoisotopic (exact) mass is 522 g/mol. The van der Waals surface area contributed by atoms with E-state index in [-0.39, 0.29) is 5.60 Å². The molecule has 0 aliphatic carbocycles. The van der Waals surface area contributed by atoms with Crippen molar-refractivity contribution in [1.29, 1.82) is 0 Å². The van der Waals surface area contributed by atoms with E-state index in [1.165, 1.54) is 28.7 Å². The van der Waals surface area contributed by atoms with Gasteiger partial charge in [0.05, 0.1) is 0 Å². The van der Waals surface area contributed by atoms with Crippen LogP contribution < -0.4 is 4.74 Å². The number of hydrogen-bond acceptors (Lipinski definition) is 4. The number of rotatable bonds is 11. The summed E-state index contributed by atoms with van der Waals surface area (Å²) in [6.07, 6.45) is 15.8. The van der Waals surface area contributed by atoms with Gasteiger partial charge in [-0.25, -0.2) is 0 Å². The highest BCUT2D eigenvalue weighted by molar-refractivity contribution is 5.59. The summed E-state index contributed by atoms with van der Waals surface area (Å²) in [6.45, 7) is 20.4. The summed E-state index contributed by atoms with van der Waals surface area (Å²) >= 11 is 0. The molecule has 3 rings (SSSR count). The van der Waals surface area contributed by atoms with Crippen LogP contribution in [-0.2, 0) is 13.0 Å². The fourth-order valence-electron chi connectivity index (χ4n) is 5.71. The van der Waals surface area contributed by atoms with Crippen molar-refractivity contribution in [2.45, 2.75) is 112 Å². The van der Waals surface area contributed by atoms with Gasteiger partial charge in [-0.1, -0.05) is 34.9 Å². The summed E-state index contributed by atoms with van der Waals surface area (Å²) in [7, 11) is 2.18. The van der Waals surface area contributed by atoms with E-state index in [1.54, 1.807) is 0 Å². The Bertz CT molecular complexity index is 1040. The molecule has 0 radical (unpaired) electrons. The van der Waals surface area contributed by atoms with Crippen molar-refractivity contribution in [3.63, 3.8) is 0 Å². The number of allylic oxidation sites excluding steroid dienone is 6. The largest absolute Gasteiger partial charge is 0.507 e. The van der Waals surface area contributed by atoms with E-state index in [9.17, 15) is 5.11 Å². The van der Waals surface area contributed by atoms with Gasteiger partial charge < -0.3 is 14.7 Å². The average molecular weight is 523 g/mol. The van der Waals surface area contributed by atoms with E-state index in [0.717, 1.165) is 100 Å². The number of benzene rings is 1. The summed E-state index contributed by atoms with van der Waals surface area (Å²) in [4.78, 5) is 4.85. The van der Waals surface area contributed by atoms with Crippen LogP contribution in [0.3, 0.4) is 0 Å². The van der Waals surface area contributed by atoms with Crippen molar-refractivity contribution in [3.8, 4) is 11.5 Å². The standard InChI is InChI=1S/C34H54N2O2/c1-25(2)12-9-13-26(3)14-10-15-27(4)16-11-18-34(7)19-17-30-31(24-36-22-20-35(8)21-23-36)32(37)28(5)29(6)33(30)38-34/h12,14,16,37H,9-11,13,15,17-24H2,1-8H3/b26-14-,27-16-. The number of likely N-dealkylation sites (N-methyl/N-ethyl adjacent to an activating group) is 1. The quantitative estimate of drug-likeness (QED) is 0.298. The molecule has 0 saturated carbocycles. The Morgan fingerprint density at radius 2 is 1.50 bits per heavy atom. The fourth-order valence-corrected chi connectivity index (χ4v) is 5.71. The van der Waals surface area contributed by atoms with Crippen LogP contribution >= 0.6 is 0 Å². The molecule has 2 aliphatic rings. The first-order valence-corrected chi connectivity index (χ1v) is 14.9. The predicted octanol–water partition coefficient (Wildman–Crippen LogP) is 8.04. The summed E-state index contributed by atoms with van der Waals surface area (Å²) in [5, 5.41) is 11.1. The molecule has 212 valence electrons. The molecule has 0 amide bonds. The second-order valence-electron chi connectivity index (χ2n) is 12.5. The van der Waals surface area contributed by atoms with Gasteiger partial charge in [0.15, 0.2) is 0 Å². The molecule has 1 aromatic carbocycles. The summed E-state index contributed by atoms with van der Waals surface area (Å²) < 4.78 is 6.80. The zero-order chi connectivity index (χ0) is 27.9. The van der Waals surface area contributed by atoms with Gasteiger partial charge in [-0.2, -0.15) is 0 Å². The van der Waals surface area contributed by atoms with Gasteiger partial charge in [0.25, 0.3) is 0 Å². The smallest absolute Gasteiger partial charge is 0.127 e. The van der Waals surface area contributed by atoms with Crippen LogP contribution in [0.1, 0.15) is 102 Å². The molecule has 4 nitrogen and oxygen atoms in total. The van der Waals surface area contributed by atoms with Crippen LogP contribution in [0, 0.1) is 13.8 Å². The average Bonchev–Trinajstić information content (AvgIpc) is 2.86.